The standard InChI is InChI=1S/C16H19Cl2N2O2.ClH/c17-8-10-20(11-9-18,13-19(21)22)12-15-6-3-5-14-4-1-2-7-16(14)15;/h1-7H,8-13H2;1H/q+1;/p-1. The van der Waals surface area contributed by atoms with E-state index in [9.17, 15) is 10.1 Å². The maximum absolute atomic E-state index is 11.1. The Morgan fingerprint density at radius 1 is 1.00 bits per heavy atom. The lowest BCUT2D eigenvalue weighted by Crippen LogP contribution is -3.00. The van der Waals surface area contributed by atoms with Gasteiger partial charge in [0, 0.05) is 5.56 Å². The number of nitrogens with zero attached hydrogens (tertiary/aromatic N) is 2. The van der Waals surface area contributed by atoms with E-state index >= 15 is 0 Å². The van der Waals surface area contributed by atoms with E-state index in [-0.39, 0.29) is 28.5 Å². The second kappa shape index (κ2) is 9.28. The summed E-state index contributed by atoms with van der Waals surface area (Å²) in [4.78, 5) is 10.8. The SMILES string of the molecule is O=[N+]([O-])C[N+](CCCl)(CCCl)Cc1cccc2ccccc12.[Cl-]. The zero-order chi connectivity index (χ0) is 16.0. The first kappa shape index (κ1) is 20.0. The maximum atomic E-state index is 11.1. The molecule has 2 aromatic rings. The highest BCUT2D eigenvalue weighted by Gasteiger charge is 2.32. The van der Waals surface area contributed by atoms with Crippen LogP contribution in [0.2, 0.25) is 0 Å². The topological polar surface area (TPSA) is 43.1 Å². The number of nitro groups is 1. The van der Waals surface area contributed by atoms with Crippen molar-refractivity contribution >= 4 is 34.0 Å². The molecular weight excluding hydrogens is 359 g/mol. The number of rotatable bonds is 8. The van der Waals surface area contributed by atoms with Crippen LogP contribution in [0, 0.1) is 10.1 Å². The molecule has 0 aliphatic carbocycles. The number of halogens is 3. The first-order valence-electron chi connectivity index (χ1n) is 7.16. The highest BCUT2D eigenvalue weighted by atomic mass is 35.5. The van der Waals surface area contributed by atoms with Crippen molar-refractivity contribution in [2.75, 3.05) is 31.5 Å². The molecule has 0 fully saturated rings. The Morgan fingerprint density at radius 3 is 2.22 bits per heavy atom. The molecule has 0 N–H and O–H groups in total. The zero-order valence-electron chi connectivity index (χ0n) is 12.6. The van der Waals surface area contributed by atoms with Crippen LogP contribution in [0.3, 0.4) is 0 Å². The van der Waals surface area contributed by atoms with Crippen molar-refractivity contribution in [2.24, 2.45) is 0 Å². The second-order valence-corrected chi connectivity index (χ2v) is 6.19. The molecule has 0 amide bonds. The zero-order valence-corrected chi connectivity index (χ0v) is 14.9. The fourth-order valence-electron chi connectivity index (χ4n) is 2.86. The largest absolute Gasteiger partial charge is 1.00 e. The van der Waals surface area contributed by atoms with Gasteiger partial charge in [0.15, 0.2) is 0 Å². The van der Waals surface area contributed by atoms with Crippen molar-refractivity contribution in [1.82, 2.24) is 0 Å². The van der Waals surface area contributed by atoms with Crippen LogP contribution in [0.15, 0.2) is 42.5 Å². The third-order valence-electron chi connectivity index (χ3n) is 3.92. The van der Waals surface area contributed by atoms with Gasteiger partial charge in [0.05, 0.1) is 29.8 Å². The lowest BCUT2D eigenvalue weighted by Gasteiger charge is -2.33. The van der Waals surface area contributed by atoms with E-state index in [2.05, 4.69) is 0 Å². The Labute approximate surface area is 152 Å². The predicted octanol–water partition coefficient (Wildman–Crippen LogP) is 0.872. The number of hydrogen-bond acceptors (Lipinski definition) is 2. The van der Waals surface area contributed by atoms with Gasteiger partial charge in [-0.3, -0.25) is 14.6 Å². The summed E-state index contributed by atoms with van der Waals surface area (Å²) < 4.78 is 0.272. The van der Waals surface area contributed by atoms with Gasteiger partial charge in [0.1, 0.15) is 6.54 Å². The monoisotopic (exact) mass is 376 g/mol. The molecule has 2 aromatic carbocycles. The third kappa shape index (κ3) is 5.21. The Balaban J connectivity index is 0.00000264. The summed E-state index contributed by atoms with van der Waals surface area (Å²) in [5.41, 5.74) is 1.09. The number of alkyl halides is 2. The summed E-state index contributed by atoms with van der Waals surface area (Å²) in [6.45, 7) is 1.45. The number of benzene rings is 2. The van der Waals surface area contributed by atoms with E-state index in [0.717, 1.165) is 16.3 Å². The molecule has 4 nitrogen and oxygen atoms in total. The van der Waals surface area contributed by atoms with Crippen molar-refractivity contribution < 1.29 is 21.8 Å². The molecule has 0 atom stereocenters. The van der Waals surface area contributed by atoms with Crippen LogP contribution in [0.4, 0.5) is 0 Å². The van der Waals surface area contributed by atoms with Gasteiger partial charge in [0.25, 0.3) is 0 Å². The molecule has 0 heterocycles. The minimum Gasteiger partial charge on any atom is -1.00 e. The molecule has 0 unspecified atom stereocenters. The first-order valence-corrected chi connectivity index (χ1v) is 8.22. The fourth-order valence-corrected chi connectivity index (χ4v) is 3.57. The highest BCUT2D eigenvalue weighted by molar-refractivity contribution is 6.18. The number of hydrogen-bond donors (Lipinski definition) is 0. The third-order valence-corrected chi connectivity index (χ3v) is 4.26. The lowest BCUT2D eigenvalue weighted by molar-refractivity contribution is -0.998. The fraction of sp³-hybridized carbons (Fsp3) is 0.375. The predicted molar refractivity (Wildman–Crippen MR) is 90.9 cm³/mol. The number of fused-ring (bicyclic) bond motifs is 1. The second-order valence-electron chi connectivity index (χ2n) is 5.44. The quantitative estimate of drug-likeness (QED) is 0.225. The molecule has 0 radical (unpaired) electrons. The van der Waals surface area contributed by atoms with Crippen LogP contribution in [-0.2, 0) is 6.54 Å². The van der Waals surface area contributed by atoms with Gasteiger partial charge in [-0.25, -0.2) is 0 Å². The smallest absolute Gasteiger partial charge is 0.328 e. The summed E-state index contributed by atoms with van der Waals surface area (Å²) >= 11 is 11.8. The Kier molecular flexibility index (Phi) is 8.06. The average molecular weight is 378 g/mol. The van der Waals surface area contributed by atoms with Crippen LogP contribution in [0.1, 0.15) is 5.56 Å². The molecule has 0 spiro atoms. The Hall–Kier alpha value is -1.07. The van der Waals surface area contributed by atoms with Gasteiger partial charge in [-0.1, -0.05) is 42.5 Å². The van der Waals surface area contributed by atoms with E-state index in [4.69, 9.17) is 23.2 Å². The molecular formula is C16H19Cl3N2O2. The van der Waals surface area contributed by atoms with Gasteiger partial charge < -0.3 is 12.4 Å². The van der Waals surface area contributed by atoms with E-state index in [1.807, 2.05) is 42.5 Å². The van der Waals surface area contributed by atoms with E-state index < -0.39 is 0 Å². The highest BCUT2D eigenvalue weighted by Crippen LogP contribution is 2.23. The average Bonchev–Trinajstić information content (AvgIpc) is 2.47. The van der Waals surface area contributed by atoms with Crippen molar-refractivity contribution in [1.29, 1.82) is 0 Å². The Morgan fingerprint density at radius 2 is 1.61 bits per heavy atom. The van der Waals surface area contributed by atoms with Crippen LogP contribution in [-0.4, -0.2) is 40.9 Å². The lowest BCUT2D eigenvalue weighted by atomic mass is 10.0. The Bertz CT molecular complexity index is 641. The van der Waals surface area contributed by atoms with Crippen LogP contribution in [0.25, 0.3) is 10.8 Å². The van der Waals surface area contributed by atoms with Gasteiger partial charge >= 0.3 is 6.67 Å². The van der Waals surface area contributed by atoms with Crippen LogP contribution in [0.5, 0.6) is 0 Å². The van der Waals surface area contributed by atoms with Crippen molar-refractivity contribution in [2.45, 2.75) is 6.54 Å². The van der Waals surface area contributed by atoms with Crippen LogP contribution < -0.4 is 12.4 Å². The molecule has 23 heavy (non-hydrogen) atoms. The van der Waals surface area contributed by atoms with E-state index in [0.29, 0.717) is 31.4 Å². The summed E-state index contributed by atoms with van der Waals surface area (Å²) in [7, 11) is 0. The van der Waals surface area contributed by atoms with Crippen molar-refractivity contribution in [3.63, 3.8) is 0 Å². The molecule has 0 aliphatic heterocycles. The molecule has 0 aliphatic rings. The van der Waals surface area contributed by atoms with Gasteiger partial charge in [-0.2, -0.15) is 0 Å². The molecule has 0 saturated heterocycles. The molecule has 0 saturated carbocycles. The summed E-state index contributed by atoms with van der Waals surface area (Å²) in [5, 5.41) is 13.4. The molecule has 2 rings (SSSR count). The van der Waals surface area contributed by atoms with E-state index in [1.54, 1.807) is 0 Å². The van der Waals surface area contributed by atoms with Gasteiger partial charge in [-0.15, -0.1) is 23.2 Å². The maximum Gasteiger partial charge on any atom is 0.328 e. The number of quaternary nitrogens is 1. The van der Waals surface area contributed by atoms with Crippen LogP contribution >= 0.6 is 23.2 Å². The summed E-state index contributed by atoms with van der Waals surface area (Å²) in [6, 6.07) is 14.1. The normalized spacial score (nSPS) is 11.2. The van der Waals surface area contributed by atoms with Crippen molar-refractivity contribution in [3.8, 4) is 0 Å². The first-order chi connectivity index (χ1) is 10.6. The minimum absolute atomic E-state index is 0. The van der Waals surface area contributed by atoms with Gasteiger partial charge in [-0.05, 0) is 10.8 Å². The molecule has 126 valence electrons. The minimum atomic E-state index is -0.274. The molecule has 0 bridgehead atoms. The summed E-state index contributed by atoms with van der Waals surface area (Å²) in [5.74, 6) is 0.741. The van der Waals surface area contributed by atoms with Gasteiger partial charge in [0.2, 0.25) is 0 Å². The molecule has 0 aromatic heterocycles. The van der Waals surface area contributed by atoms with Crippen molar-refractivity contribution in [3.05, 3.63) is 58.1 Å². The summed E-state index contributed by atoms with van der Waals surface area (Å²) in [6.07, 6.45) is 0. The molecule has 7 heteroatoms. The van der Waals surface area contributed by atoms with E-state index in [1.165, 1.54) is 0 Å².